The molecule has 6 heteroatoms. The maximum atomic E-state index is 13.3. The quantitative estimate of drug-likeness (QED) is 0.523. The lowest BCUT2D eigenvalue weighted by Gasteiger charge is -2.20. The van der Waals surface area contributed by atoms with Gasteiger partial charge in [-0.1, -0.05) is 43.7 Å². The van der Waals surface area contributed by atoms with Crippen LogP contribution in [0, 0.1) is 6.92 Å². The molecule has 2 aromatic rings. The zero-order valence-corrected chi connectivity index (χ0v) is 13.3. The minimum Gasteiger partial charge on any atom is -0.166 e. The molecule has 0 saturated carbocycles. The Bertz CT molecular complexity index is 738. The molecule has 0 aliphatic heterocycles. The van der Waals surface area contributed by atoms with Gasteiger partial charge in [-0.05, 0) is 41.7 Å². The average Bonchev–Trinajstić information content (AvgIpc) is 2.44. The molecule has 0 spiro atoms. The highest BCUT2D eigenvalue weighted by atomic mass is 19.4. The van der Waals surface area contributed by atoms with Crippen LogP contribution < -0.4 is 0 Å². The molecule has 2 aromatic carbocycles. The van der Waals surface area contributed by atoms with Crippen LogP contribution in [0.1, 0.15) is 42.0 Å². The molecule has 0 amide bonds. The smallest absolute Gasteiger partial charge is 0.166 e. The standard InChI is InChI=1S/C18H16F6/c1-10(2)15-8-11(3)4-6-13(15)14-7-5-12(17(19,20)21)9-16(14)18(22,23)24/h4-10H,1-3H3. The molecule has 0 bridgehead atoms. The molecule has 0 heterocycles. The van der Waals surface area contributed by atoms with Gasteiger partial charge < -0.3 is 0 Å². The van der Waals surface area contributed by atoms with E-state index in [2.05, 4.69) is 0 Å². The minimum atomic E-state index is -4.88. The zero-order valence-electron chi connectivity index (χ0n) is 13.3. The molecule has 0 aliphatic carbocycles. The second-order valence-electron chi connectivity index (χ2n) is 6.00. The molecular weight excluding hydrogens is 330 g/mol. The third kappa shape index (κ3) is 3.74. The first-order valence-corrected chi connectivity index (χ1v) is 7.30. The van der Waals surface area contributed by atoms with Crippen molar-refractivity contribution in [2.75, 3.05) is 0 Å². The van der Waals surface area contributed by atoms with Gasteiger partial charge in [-0.3, -0.25) is 0 Å². The number of hydrogen-bond donors (Lipinski definition) is 0. The van der Waals surface area contributed by atoms with Crippen LogP contribution in [0.2, 0.25) is 0 Å². The van der Waals surface area contributed by atoms with E-state index in [9.17, 15) is 26.3 Å². The highest BCUT2D eigenvalue weighted by molar-refractivity contribution is 5.73. The lowest BCUT2D eigenvalue weighted by atomic mass is 9.88. The SMILES string of the molecule is Cc1ccc(-c2ccc(C(F)(F)F)cc2C(F)(F)F)c(C(C)C)c1. The molecule has 0 radical (unpaired) electrons. The zero-order chi connectivity index (χ0) is 18.3. The number of alkyl halides is 6. The van der Waals surface area contributed by atoms with Crippen LogP contribution in [-0.4, -0.2) is 0 Å². The molecule has 0 N–H and O–H groups in total. The monoisotopic (exact) mass is 346 g/mol. The summed E-state index contributed by atoms with van der Waals surface area (Å²) < 4.78 is 78.4. The Morgan fingerprint density at radius 1 is 0.750 bits per heavy atom. The van der Waals surface area contributed by atoms with E-state index < -0.39 is 23.5 Å². The molecule has 0 saturated heterocycles. The summed E-state index contributed by atoms with van der Waals surface area (Å²) in [4.78, 5) is 0. The van der Waals surface area contributed by atoms with Crippen molar-refractivity contribution >= 4 is 0 Å². The molecule has 0 fully saturated rings. The number of benzene rings is 2. The van der Waals surface area contributed by atoms with Crippen molar-refractivity contribution in [3.05, 3.63) is 58.7 Å². The Labute approximate surface area is 136 Å². The average molecular weight is 346 g/mol. The second kappa shape index (κ2) is 6.15. The van der Waals surface area contributed by atoms with Crippen molar-refractivity contribution in [2.24, 2.45) is 0 Å². The molecule has 0 unspecified atom stereocenters. The van der Waals surface area contributed by atoms with Gasteiger partial charge in [0.1, 0.15) is 0 Å². The summed E-state index contributed by atoms with van der Waals surface area (Å²) in [7, 11) is 0. The third-order valence-corrected chi connectivity index (χ3v) is 3.77. The first-order chi connectivity index (χ1) is 10.9. The van der Waals surface area contributed by atoms with Crippen molar-refractivity contribution < 1.29 is 26.3 Å². The highest BCUT2D eigenvalue weighted by Gasteiger charge is 2.38. The van der Waals surface area contributed by atoms with Crippen LogP contribution in [-0.2, 0) is 12.4 Å². The summed E-state index contributed by atoms with van der Waals surface area (Å²) in [6, 6.07) is 6.72. The molecule has 24 heavy (non-hydrogen) atoms. The van der Waals surface area contributed by atoms with E-state index in [1.165, 1.54) is 6.07 Å². The van der Waals surface area contributed by atoms with Crippen LogP contribution in [0.4, 0.5) is 26.3 Å². The predicted octanol–water partition coefficient (Wildman–Crippen LogP) is 6.82. The Morgan fingerprint density at radius 2 is 1.33 bits per heavy atom. The maximum absolute atomic E-state index is 13.3. The van der Waals surface area contributed by atoms with Crippen molar-refractivity contribution in [3.8, 4) is 11.1 Å². The molecule has 0 aliphatic rings. The van der Waals surface area contributed by atoms with Crippen LogP contribution >= 0.6 is 0 Å². The van der Waals surface area contributed by atoms with E-state index in [1.54, 1.807) is 12.1 Å². The summed E-state index contributed by atoms with van der Waals surface area (Å²) in [5, 5.41) is 0. The normalized spacial score (nSPS) is 12.8. The van der Waals surface area contributed by atoms with Gasteiger partial charge in [0.2, 0.25) is 0 Å². The summed E-state index contributed by atoms with van der Waals surface area (Å²) >= 11 is 0. The Kier molecular flexibility index (Phi) is 4.70. The Hall–Kier alpha value is -1.98. The van der Waals surface area contributed by atoms with Gasteiger partial charge in [0.15, 0.2) is 0 Å². The predicted molar refractivity (Wildman–Crippen MR) is 80.7 cm³/mol. The summed E-state index contributed by atoms with van der Waals surface area (Å²) in [6.45, 7) is 5.47. The van der Waals surface area contributed by atoms with Crippen LogP contribution in [0.5, 0.6) is 0 Å². The van der Waals surface area contributed by atoms with Gasteiger partial charge in [-0.15, -0.1) is 0 Å². The van der Waals surface area contributed by atoms with Crippen LogP contribution in [0.15, 0.2) is 36.4 Å². The van der Waals surface area contributed by atoms with Crippen molar-refractivity contribution in [2.45, 2.75) is 39.0 Å². The number of aryl methyl sites for hydroxylation is 1. The van der Waals surface area contributed by atoms with Crippen molar-refractivity contribution in [1.82, 2.24) is 0 Å². The van der Waals surface area contributed by atoms with Gasteiger partial charge in [0.05, 0.1) is 11.1 Å². The minimum absolute atomic E-state index is 0.0664. The lowest BCUT2D eigenvalue weighted by Crippen LogP contribution is -2.12. The number of halogens is 6. The fourth-order valence-corrected chi connectivity index (χ4v) is 2.60. The summed E-state index contributed by atoms with van der Waals surface area (Å²) in [5.41, 5.74) is -0.973. The van der Waals surface area contributed by atoms with Gasteiger partial charge >= 0.3 is 12.4 Å². The topological polar surface area (TPSA) is 0 Å². The van der Waals surface area contributed by atoms with E-state index >= 15 is 0 Å². The number of hydrogen-bond acceptors (Lipinski definition) is 0. The van der Waals surface area contributed by atoms with Crippen LogP contribution in [0.3, 0.4) is 0 Å². The van der Waals surface area contributed by atoms with E-state index in [1.807, 2.05) is 20.8 Å². The van der Waals surface area contributed by atoms with Crippen LogP contribution in [0.25, 0.3) is 11.1 Å². The van der Waals surface area contributed by atoms with E-state index in [4.69, 9.17) is 0 Å². The van der Waals surface area contributed by atoms with Crippen molar-refractivity contribution in [3.63, 3.8) is 0 Å². The van der Waals surface area contributed by atoms with Gasteiger partial charge in [0, 0.05) is 0 Å². The molecule has 130 valence electrons. The number of rotatable bonds is 2. The van der Waals surface area contributed by atoms with Gasteiger partial charge in [-0.25, -0.2) is 0 Å². The summed E-state index contributed by atoms with van der Waals surface area (Å²) in [6.07, 6.45) is -9.71. The molecule has 0 atom stereocenters. The largest absolute Gasteiger partial charge is 0.417 e. The molecular formula is C18H16F6. The maximum Gasteiger partial charge on any atom is 0.417 e. The lowest BCUT2D eigenvalue weighted by molar-refractivity contribution is -0.142. The fraction of sp³-hybridized carbons (Fsp3) is 0.333. The molecule has 0 nitrogen and oxygen atoms in total. The first-order valence-electron chi connectivity index (χ1n) is 7.30. The van der Waals surface area contributed by atoms with Gasteiger partial charge in [0.25, 0.3) is 0 Å². The Morgan fingerprint density at radius 3 is 1.83 bits per heavy atom. The fourth-order valence-electron chi connectivity index (χ4n) is 2.60. The van der Waals surface area contributed by atoms with Crippen molar-refractivity contribution in [1.29, 1.82) is 0 Å². The third-order valence-electron chi connectivity index (χ3n) is 3.77. The summed E-state index contributed by atoms with van der Waals surface area (Å²) in [5.74, 6) is -0.0664. The first kappa shape index (κ1) is 18.4. The highest BCUT2D eigenvalue weighted by Crippen LogP contribution is 2.42. The van der Waals surface area contributed by atoms with E-state index in [-0.39, 0.29) is 17.5 Å². The second-order valence-corrected chi connectivity index (χ2v) is 6.00. The van der Waals surface area contributed by atoms with E-state index in [0.717, 1.165) is 11.6 Å². The molecule has 0 aromatic heterocycles. The van der Waals surface area contributed by atoms with Gasteiger partial charge in [-0.2, -0.15) is 26.3 Å². The Balaban J connectivity index is 2.76. The van der Waals surface area contributed by atoms with E-state index in [0.29, 0.717) is 17.2 Å². The molecule has 2 rings (SSSR count).